The van der Waals surface area contributed by atoms with Gasteiger partial charge in [0.1, 0.15) is 0 Å². The summed E-state index contributed by atoms with van der Waals surface area (Å²) in [6.45, 7) is 1.79. The summed E-state index contributed by atoms with van der Waals surface area (Å²) >= 11 is 5.84. The van der Waals surface area contributed by atoms with Crippen molar-refractivity contribution in [2.75, 3.05) is 6.61 Å². The minimum absolute atomic E-state index is 0.152. The van der Waals surface area contributed by atoms with Crippen LogP contribution in [0.25, 0.3) is 10.9 Å². The average molecular weight is 256 g/mol. The molecule has 1 heterocycles. The van der Waals surface area contributed by atoms with Crippen molar-refractivity contribution in [1.82, 2.24) is 4.57 Å². The third kappa shape index (κ3) is 2.26. The number of carbonyl (C=O) groups excluding carboxylic acids is 1. The van der Waals surface area contributed by atoms with E-state index in [1.807, 2.05) is 0 Å². The molecule has 0 spiro atoms. The third-order valence-corrected chi connectivity index (χ3v) is 2.65. The molecule has 3 nitrogen and oxygen atoms in total. The van der Waals surface area contributed by atoms with E-state index < -0.39 is 12.3 Å². The van der Waals surface area contributed by atoms with E-state index in [0.29, 0.717) is 10.5 Å². The molecule has 0 saturated heterocycles. The SMILES string of the molecule is CCOC(=O)C(F)n1ccc2ccc(Cl)cc21. The fraction of sp³-hybridized carbons (Fsp3) is 0.250. The third-order valence-electron chi connectivity index (χ3n) is 2.41. The van der Waals surface area contributed by atoms with Gasteiger partial charge in [0.15, 0.2) is 0 Å². The summed E-state index contributed by atoms with van der Waals surface area (Å²) in [5.74, 6) is -0.898. The number of benzene rings is 1. The summed E-state index contributed by atoms with van der Waals surface area (Å²) in [5.41, 5.74) is 0.568. The second kappa shape index (κ2) is 4.75. The first kappa shape index (κ1) is 11.9. The molecule has 0 fully saturated rings. The van der Waals surface area contributed by atoms with Crippen molar-refractivity contribution in [3.8, 4) is 0 Å². The molecule has 5 heteroatoms. The summed E-state index contributed by atoms with van der Waals surface area (Å²) in [4.78, 5) is 11.3. The maximum Gasteiger partial charge on any atom is 0.362 e. The Morgan fingerprint density at radius 1 is 1.53 bits per heavy atom. The molecule has 17 heavy (non-hydrogen) atoms. The number of hydrogen-bond acceptors (Lipinski definition) is 2. The Labute approximate surface area is 103 Å². The van der Waals surface area contributed by atoms with Crippen LogP contribution in [0.3, 0.4) is 0 Å². The Kier molecular flexibility index (Phi) is 3.33. The fourth-order valence-corrected chi connectivity index (χ4v) is 1.81. The summed E-state index contributed by atoms with van der Waals surface area (Å²) in [6, 6.07) is 6.82. The van der Waals surface area contributed by atoms with Crippen molar-refractivity contribution in [2.24, 2.45) is 0 Å². The highest BCUT2D eigenvalue weighted by atomic mass is 35.5. The Hall–Kier alpha value is -1.55. The molecule has 1 aromatic heterocycles. The zero-order chi connectivity index (χ0) is 12.4. The van der Waals surface area contributed by atoms with Gasteiger partial charge in [0.05, 0.1) is 12.1 Å². The van der Waals surface area contributed by atoms with Crippen LogP contribution in [0.2, 0.25) is 5.02 Å². The molecule has 1 unspecified atom stereocenters. The first-order valence-corrected chi connectivity index (χ1v) is 5.58. The largest absolute Gasteiger partial charge is 0.462 e. The van der Waals surface area contributed by atoms with Crippen LogP contribution >= 0.6 is 11.6 Å². The van der Waals surface area contributed by atoms with E-state index in [0.717, 1.165) is 5.39 Å². The second-order valence-electron chi connectivity index (χ2n) is 3.51. The summed E-state index contributed by atoms with van der Waals surface area (Å²) < 4.78 is 19.7. The van der Waals surface area contributed by atoms with Crippen molar-refractivity contribution >= 4 is 28.5 Å². The Balaban J connectivity index is 2.41. The highest BCUT2D eigenvalue weighted by Gasteiger charge is 2.21. The van der Waals surface area contributed by atoms with Crippen LogP contribution in [0.1, 0.15) is 13.2 Å². The van der Waals surface area contributed by atoms with E-state index in [4.69, 9.17) is 11.6 Å². The fourth-order valence-electron chi connectivity index (χ4n) is 1.64. The molecular formula is C12H11ClFNO2. The van der Waals surface area contributed by atoms with Gasteiger partial charge in [-0.05, 0) is 30.5 Å². The number of rotatable bonds is 3. The van der Waals surface area contributed by atoms with Crippen LogP contribution in [0.4, 0.5) is 4.39 Å². The first-order valence-electron chi connectivity index (χ1n) is 5.20. The molecule has 1 atom stereocenters. The monoisotopic (exact) mass is 255 g/mol. The highest BCUT2D eigenvalue weighted by Crippen LogP contribution is 2.24. The average Bonchev–Trinajstić information content (AvgIpc) is 2.71. The van der Waals surface area contributed by atoms with Crippen molar-refractivity contribution in [3.63, 3.8) is 0 Å². The highest BCUT2D eigenvalue weighted by molar-refractivity contribution is 6.31. The van der Waals surface area contributed by atoms with Gasteiger partial charge >= 0.3 is 5.97 Å². The second-order valence-corrected chi connectivity index (χ2v) is 3.95. The predicted octanol–water partition coefficient (Wildman–Crippen LogP) is 3.33. The number of alkyl halides is 1. The van der Waals surface area contributed by atoms with Crippen LogP contribution in [-0.2, 0) is 9.53 Å². The topological polar surface area (TPSA) is 31.2 Å². The lowest BCUT2D eigenvalue weighted by molar-refractivity contribution is -0.152. The number of aromatic nitrogens is 1. The molecule has 1 aromatic carbocycles. The van der Waals surface area contributed by atoms with Gasteiger partial charge in [0, 0.05) is 11.2 Å². The van der Waals surface area contributed by atoms with E-state index in [1.54, 1.807) is 31.2 Å². The van der Waals surface area contributed by atoms with E-state index in [2.05, 4.69) is 4.74 Å². The summed E-state index contributed by atoms with van der Waals surface area (Å²) in [7, 11) is 0. The number of fused-ring (bicyclic) bond motifs is 1. The molecular weight excluding hydrogens is 245 g/mol. The maximum atomic E-state index is 13.9. The number of ether oxygens (including phenoxy) is 1. The van der Waals surface area contributed by atoms with E-state index >= 15 is 0 Å². The van der Waals surface area contributed by atoms with Gasteiger partial charge in [-0.25, -0.2) is 9.18 Å². The van der Waals surface area contributed by atoms with Gasteiger partial charge in [-0.2, -0.15) is 0 Å². The summed E-state index contributed by atoms with van der Waals surface area (Å²) in [5, 5.41) is 1.31. The molecule has 0 bridgehead atoms. The van der Waals surface area contributed by atoms with Crippen LogP contribution < -0.4 is 0 Å². The maximum absolute atomic E-state index is 13.9. The van der Waals surface area contributed by atoms with Crippen LogP contribution in [0, 0.1) is 0 Å². The normalized spacial score (nSPS) is 12.6. The van der Waals surface area contributed by atoms with E-state index in [9.17, 15) is 9.18 Å². The molecule has 0 aliphatic carbocycles. The van der Waals surface area contributed by atoms with Crippen molar-refractivity contribution < 1.29 is 13.9 Å². The van der Waals surface area contributed by atoms with E-state index in [1.165, 1.54) is 10.8 Å². The molecule has 0 amide bonds. The van der Waals surface area contributed by atoms with Crippen LogP contribution in [0.5, 0.6) is 0 Å². The van der Waals surface area contributed by atoms with Crippen molar-refractivity contribution in [1.29, 1.82) is 0 Å². The molecule has 0 N–H and O–H groups in total. The quantitative estimate of drug-likeness (QED) is 0.788. The zero-order valence-electron chi connectivity index (χ0n) is 9.19. The lowest BCUT2D eigenvalue weighted by Gasteiger charge is -2.10. The number of carbonyl (C=O) groups is 1. The molecule has 90 valence electrons. The zero-order valence-corrected chi connectivity index (χ0v) is 9.95. The molecule has 0 aliphatic heterocycles. The molecule has 2 rings (SSSR count). The van der Waals surface area contributed by atoms with Crippen LogP contribution in [0.15, 0.2) is 30.5 Å². The van der Waals surface area contributed by atoms with Crippen molar-refractivity contribution in [3.05, 3.63) is 35.5 Å². The van der Waals surface area contributed by atoms with Gasteiger partial charge in [0.25, 0.3) is 6.30 Å². The number of hydrogen-bond donors (Lipinski definition) is 0. The smallest absolute Gasteiger partial charge is 0.362 e. The number of halogens is 2. The molecule has 0 radical (unpaired) electrons. The van der Waals surface area contributed by atoms with E-state index in [-0.39, 0.29) is 6.61 Å². The van der Waals surface area contributed by atoms with Gasteiger partial charge in [-0.3, -0.25) is 0 Å². The first-order chi connectivity index (χ1) is 8.13. The Morgan fingerprint density at radius 3 is 3.00 bits per heavy atom. The van der Waals surface area contributed by atoms with Gasteiger partial charge in [0.2, 0.25) is 0 Å². The number of nitrogens with zero attached hydrogens (tertiary/aromatic N) is 1. The standard InChI is InChI=1S/C12H11ClFNO2/c1-2-17-12(16)11(14)15-6-5-8-3-4-9(13)7-10(8)15/h3-7,11H,2H2,1H3. The minimum atomic E-state index is -1.84. The van der Waals surface area contributed by atoms with Gasteiger partial charge in [-0.15, -0.1) is 0 Å². The minimum Gasteiger partial charge on any atom is -0.462 e. The number of esters is 1. The van der Waals surface area contributed by atoms with Crippen molar-refractivity contribution in [2.45, 2.75) is 13.2 Å². The lowest BCUT2D eigenvalue weighted by atomic mass is 10.2. The van der Waals surface area contributed by atoms with Crippen LogP contribution in [-0.4, -0.2) is 17.1 Å². The van der Waals surface area contributed by atoms with Gasteiger partial charge < -0.3 is 9.30 Å². The molecule has 0 aliphatic rings. The predicted molar refractivity (Wildman–Crippen MR) is 63.7 cm³/mol. The Bertz CT molecular complexity index is 552. The summed E-state index contributed by atoms with van der Waals surface area (Å²) in [6.07, 6.45) is -0.339. The lowest BCUT2D eigenvalue weighted by Crippen LogP contribution is -2.17. The molecule has 2 aromatic rings. The van der Waals surface area contributed by atoms with Gasteiger partial charge in [-0.1, -0.05) is 17.7 Å². The molecule has 0 saturated carbocycles. The Morgan fingerprint density at radius 2 is 2.29 bits per heavy atom.